The zero-order valence-electron chi connectivity index (χ0n) is 15.6. The van der Waals surface area contributed by atoms with Crippen molar-refractivity contribution in [3.63, 3.8) is 0 Å². The molecule has 1 aromatic heterocycles. The number of aromatic nitrogens is 2. The summed E-state index contributed by atoms with van der Waals surface area (Å²) in [6.45, 7) is 2.03. The van der Waals surface area contributed by atoms with Gasteiger partial charge in [-0.05, 0) is 30.7 Å². The van der Waals surface area contributed by atoms with Gasteiger partial charge in [-0.3, -0.25) is 9.48 Å². The molecule has 1 amide bonds. The molecule has 0 fully saturated rings. The van der Waals surface area contributed by atoms with Crippen molar-refractivity contribution in [1.29, 1.82) is 0 Å². The standard InChI is InChI=1S/C21H18F2N4O2/c1-21(10-19(26-29-21)17-4-2-3-5-18(17)23)20(28)25-16-11-24-27(13-16)12-14-6-8-15(22)9-7-14/h2-9,11,13H,10,12H2,1H3,(H,25,28)/t21-/m0/s1. The van der Waals surface area contributed by atoms with Gasteiger partial charge in [-0.25, -0.2) is 8.78 Å². The number of anilines is 1. The van der Waals surface area contributed by atoms with Crippen molar-refractivity contribution in [1.82, 2.24) is 9.78 Å². The second-order valence-corrected chi connectivity index (χ2v) is 7.02. The Morgan fingerprint density at radius 2 is 1.97 bits per heavy atom. The Hall–Kier alpha value is -3.55. The highest BCUT2D eigenvalue weighted by Crippen LogP contribution is 2.29. The molecular weight excluding hydrogens is 378 g/mol. The summed E-state index contributed by atoms with van der Waals surface area (Å²) in [6.07, 6.45) is 3.32. The highest BCUT2D eigenvalue weighted by molar-refractivity contribution is 6.07. The first-order chi connectivity index (χ1) is 13.9. The van der Waals surface area contributed by atoms with Crippen molar-refractivity contribution in [2.24, 2.45) is 5.16 Å². The number of hydrogen-bond donors (Lipinski definition) is 1. The summed E-state index contributed by atoms with van der Waals surface area (Å²) >= 11 is 0. The number of carbonyl (C=O) groups excluding carboxylic acids is 1. The first-order valence-corrected chi connectivity index (χ1v) is 9.01. The number of amides is 1. The molecule has 0 unspecified atom stereocenters. The van der Waals surface area contributed by atoms with Gasteiger partial charge in [0.25, 0.3) is 5.91 Å². The minimum atomic E-state index is -1.25. The van der Waals surface area contributed by atoms with Crippen molar-refractivity contribution in [2.75, 3.05) is 5.32 Å². The zero-order valence-corrected chi connectivity index (χ0v) is 15.6. The van der Waals surface area contributed by atoms with E-state index in [-0.39, 0.29) is 12.2 Å². The van der Waals surface area contributed by atoms with Crippen LogP contribution in [0.5, 0.6) is 0 Å². The van der Waals surface area contributed by atoms with Gasteiger partial charge in [0.1, 0.15) is 11.6 Å². The maximum atomic E-state index is 14.0. The Kier molecular flexibility index (Phi) is 4.84. The Balaban J connectivity index is 1.40. The predicted molar refractivity (Wildman–Crippen MR) is 103 cm³/mol. The SMILES string of the molecule is C[C@@]1(C(=O)Nc2cnn(Cc3ccc(F)cc3)c2)CC(c2ccccc2F)=NO1. The van der Waals surface area contributed by atoms with Gasteiger partial charge >= 0.3 is 0 Å². The Bertz CT molecular complexity index is 1080. The van der Waals surface area contributed by atoms with E-state index in [9.17, 15) is 13.6 Å². The number of halogens is 2. The van der Waals surface area contributed by atoms with Crippen LogP contribution in [0.15, 0.2) is 66.1 Å². The molecule has 0 saturated heterocycles. The molecule has 4 rings (SSSR count). The van der Waals surface area contributed by atoms with Gasteiger partial charge in [0.15, 0.2) is 0 Å². The second kappa shape index (κ2) is 7.46. The van der Waals surface area contributed by atoms with Crippen LogP contribution in [0, 0.1) is 11.6 Å². The number of hydrogen-bond acceptors (Lipinski definition) is 4. The third-order valence-electron chi connectivity index (χ3n) is 4.68. The van der Waals surface area contributed by atoms with Crippen molar-refractivity contribution in [3.05, 3.63) is 83.7 Å². The molecule has 3 aromatic rings. The molecule has 2 heterocycles. The summed E-state index contributed by atoms with van der Waals surface area (Å²) in [5, 5.41) is 10.9. The van der Waals surface area contributed by atoms with Crippen molar-refractivity contribution in [2.45, 2.75) is 25.5 Å². The number of rotatable bonds is 5. The van der Waals surface area contributed by atoms with Crippen LogP contribution >= 0.6 is 0 Å². The number of nitrogens with zero attached hydrogens (tertiary/aromatic N) is 3. The lowest BCUT2D eigenvalue weighted by Crippen LogP contribution is -2.40. The molecule has 6 nitrogen and oxygen atoms in total. The lowest BCUT2D eigenvalue weighted by molar-refractivity contribution is -0.135. The van der Waals surface area contributed by atoms with E-state index in [1.54, 1.807) is 48.1 Å². The van der Waals surface area contributed by atoms with Crippen LogP contribution in [-0.4, -0.2) is 27.0 Å². The summed E-state index contributed by atoms with van der Waals surface area (Å²) in [6, 6.07) is 12.3. The van der Waals surface area contributed by atoms with Crippen LogP contribution in [0.3, 0.4) is 0 Å². The summed E-state index contributed by atoms with van der Waals surface area (Å²) in [7, 11) is 0. The van der Waals surface area contributed by atoms with E-state index < -0.39 is 17.3 Å². The van der Waals surface area contributed by atoms with E-state index in [0.717, 1.165) is 5.56 Å². The number of benzene rings is 2. The Morgan fingerprint density at radius 3 is 2.72 bits per heavy atom. The average molecular weight is 396 g/mol. The van der Waals surface area contributed by atoms with E-state index in [4.69, 9.17) is 4.84 Å². The molecule has 0 spiro atoms. The lowest BCUT2D eigenvalue weighted by Gasteiger charge is -2.19. The summed E-state index contributed by atoms with van der Waals surface area (Å²) in [4.78, 5) is 18.1. The molecule has 0 saturated carbocycles. The quantitative estimate of drug-likeness (QED) is 0.715. The van der Waals surface area contributed by atoms with Crippen LogP contribution in [0.4, 0.5) is 14.5 Å². The minimum absolute atomic E-state index is 0.142. The van der Waals surface area contributed by atoms with Crippen LogP contribution in [0.25, 0.3) is 0 Å². The van der Waals surface area contributed by atoms with E-state index in [0.29, 0.717) is 23.5 Å². The van der Waals surface area contributed by atoms with Crippen LogP contribution < -0.4 is 5.32 Å². The highest BCUT2D eigenvalue weighted by atomic mass is 19.1. The van der Waals surface area contributed by atoms with Gasteiger partial charge in [-0.2, -0.15) is 5.10 Å². The number of nitrogens with one attached hydrogen (secondary N) is 1. The fourth-order valence-corrected chi connectivity index (χ4v) is 3.06. The molecule has 0 aliphatic carbocycles. The summed E-state index contributed by atoms with van der Waals surface area (Å²) < 4.78 is 28.6. The van der Waals surface area contributed by atoms with Crippen molar-refractivity contribution < 1.29 is 18.4 Å². The smallest absolute Gasteiger partial charge is 0.271 e. The lowest BCUT2D eigenvalue weighted by atomic mass is 9.95. The molecule has 2 aromatic carbocycles. The summed E-state index contributed by atoms with van der Waals surface area (Å²) in [5.74, 6) is -1.13. The average Bonchev–Trinajstić information content (AvgIpc) is 3.31. The maximum absolute atomic E-state index is 14.0. The van der Waals surface area contributed by atoms with Crippen LogP contribution in [0.1, 0.15) is 24.5 Å². The zero-order chi connectivity index (χ0) is 20.4. The molecule has 8 heteroatoms. The first kappa shape index (κ1) is 18.8. The highest BCUT2D eigenvalue weighted by Gasteiger charge is 2.42. The maximum Gasteiger partial charge on any atom is 0.271 e. The van der Waals surface area contributed by atoms with E-state index in [1.807, 2.05) is 0 Å². The van der Waals surface area contributed by atoms with Gasteiger partial charge < -0.3 is 10.2 Å². The third-order valence-corrected chi connectivity index (χ3v) is 4.68. The predicted octanol–water partition coefficient (Wildman–Crippen LogP) is 3.73. The molecule has 0 bridgehead atoms. The van der Waals surface area contributed by atoms with E-state index in [2.05, 4.69) is 15.6 Å². The van der Waals surface area contributed by atoms with E-state index in [1.165, 1.54) is 24.4 Å². The van der Waals surface area contributed by atoms with Gasteiger partial charge in [-0.15, -0.1) is 0 Å². The third kappa shape index (κ3) is 4.01. The van der Waals surface area contributed by atoms with Gasteiger partial charge in [-0.1, -0.05) is 35.5 Å². The Morgan fingerprint density at radius 1 is 1.21 bits per heavy atom. The second-order valence-electron chi connectivity index (χ2n) is 7.02. The molecule has 1 atom stereocenters. The molecule has 0 radical (unpaired) electrons. The Labute approximate surface area is 165 Å². The molecule has 1 aliphatic heterocycles. The van der Waals surface area contributed by atoms with Crippen LogP contribution in [-0.2, 0) is 16.2 Å². The number of oxime groups is 1. The normalized spacial score (nSPS) is 18.2. The molecule has 148 valence electrons. The first-order valence-electron chi connectivity index (χ1n) is 9.01. The monoisotopic (exact) mass is 396 g/mol. The van der Waals surface area contributed by atoms with E-state index >= 15 is 0 Å². The molecular formula is C21H18F2N4O2. The largest absolute Gasteiger partial charge is 0.379 e. The van der Waals surface area contributed by atoms with Gasteiger partial charge in [0, 0.05) is 18.2 Å². The van der Waals surface area contributed by atoms with Crippen molar-refractivity contribution in [3.8, 4) is 0 Å². The fraction of sp³-hybridized carbons (Fsp3) is 0.190. The molecule has 29 heavy (non-hydrogen) atoms. The minimum Gasteiger partial charge on any atom is -0.379 e. The van der Waals surface area contributed by atoms with Crippen LogP contribution in [0.2, 0.25) is 0 Å². The number of carbonyl (C=O) groups is 1. The fourth-order valence-electron chi connectivity index (χ4n) is 3.06. The van der Waals surface area contributed by atoms with Crippen molar-refractivity contribution >= 4 is 17.3 Å². The molecule has 1 aliphatic rings. The topological polar surface area (TPSA) is 68.5 Å². The van der Waals surface area contributed by atoms with Gasteiger partial charge in [0.05, 0.1) is 24.1 Å². The summed E-state index contributed by atoms with van der Waals surface area (Å²) in [5.41, 5.74) is 0.808. The molecule has 1 N–H and O–H groups in total. The van der Waals surface area contributed by atoms with Gasteiger partial charge in [0.2, 0.25) is 5.60 Å².